The highest BCUT2D eigenvalue weighted by atomic mass is 15.2. The van der Waals surface area contributed by atoms with Gasteiger partial charge in [-0.25, -0.2) is 0 Å². The number of hydrogen-bond donors (Lipinski definition) is 1. The molecule has 2 heterocycles. The van der Waals surface area contributed by atoms with Crippen LogP contribution in [0.2, 0.25) is 0 Å². The minimum Gasteiger partial charge on any atom is -0.316 e. The molecule has 0 aromatic carbocycles. The molecule has 1 saturated heterocycles. The molecule has 1 N–H and O–H groups in total. The summed E-state index contributed by atoms with van der Waals surface area (Å²) in [5.74, 6) is 0.698. The number of nitrogens with zero attached hydrogens (tertiary/aromatic N) is 2. The van der Waals surface area contributed by atoms with Crippen LogP contribution in [0.15, 0.2) is 12.4 Å². The molecule has 2 rings (SSSR count). The molecule has 0 amide bonds. The second-order valence-electron chi connectivity index (χ2n) is 3.14. The summed E-state index contributed by atoms with van der Waals surface area (Å²) in [5, 5.41) is 7.49. The van der Waals surface area contributed by atoms with E-state index in [1.165, 1.54) is 12.0 Å². The van der Waals surface area contributed by atoms with Crippen LogP contribution in [0.1, 0.15) is 17.9 Å². The number of aromatic nitrogens is 2. The molecule has 0 unspecified atom stereocenters. The van der Waals surface area contributed by atoms with Gasteiger partial charge in [0.25, 0.3) is 0 Å². The lowest BCUT2D eigenvalue weighted by molar-refractivity contribution is 0.749. The summed E-state index contributed by atoms with van der Waals surface area (Å²) in [4.78, 5) is 0. The minimum absolute atomic E-state index is 0.698. The van der Waals surface area contributed by atoms with Crippen molar-refractivity contribution < 1.29 is 0 Å². The monoisotopic (exact) mass is 151 g/mol. The molecule has 0 aliphatic carbocycles. The van der Waals surface area contributed by atoms with Gasteiger partial charge in [-0.05, 0) is 18.5 Å². The molecule has 3 nitrogen and oxygen atoms in total. The van der Waals surface area contributed by atoms with Gasteiger partial charge in [-0.15, -0.1) is 0 Å². The fourth-order valence-electron chi connectivity index (χ4n) is 1.59. The lowest BCUT2D eigenvalue weighted by atomic mass is 10.0. The van der Waals surface area contributed by atoms with Gasteiger partial charge in [-0.2, -0.15) is 5.10 Å². The number of rotatable bonds is 1. The van der Waals surface area contributed by atoms with E-state index in [4.69, 9.17) is 0 Å². The standard InChI is InChI=1S/C8H13N3/c1-11-6-8(5-10-11)7-2-3-9-4-7/h5-7,9H,2-4H2,1H3/t7-/m1/s1. The molecular formula is C8H13N3. The summed E-state index contributed by atoms with van der Waals surface area (Å²) in [6.45, 7) is 2.27. The third-order valence-corrected chi connectivity index (χ3v) is 2.26. The van der Waals surface area contributed by atoms with Crippen molar-refractivity contribution >= 4 is 0 Å². The largest absolute Gasteiger partial charge is 0.316 e. The lowest BCUT2D eigenvalue weighted by Gasteiger charge is -2.02. The van der Waals surface area contributed by atoms with Gasteiger partial charge in [-0.1, -0.05) is 0 Å². The van der Waals surface area contributed by atoms with Gasteiger partial charge in [0.1, 0.15) is 0 Å². The lowest BCUT2D eigenvalue weighted by Crippen LogP contribution is -2.07. The predicted octanol–water partition coefficient (Wildman–Crippen LogP) is 0.497. The maximum Gasteiger partial charge on any atom is 0.0524 e. The van der Waals surface area contributed by atoms with E-state index in [9.17, 15) is 0 Å². The van der Waals surface area contributed by atoms with E-state index in [-0.39, 0.29) is 0 Å². The van der Waals surface area contributed by atoms with Gasteiger partial charge in [-0.3, -0.25) is 4.68 Å². The predicted molar refractivity (Wildman–Crippen MR) is 43.4 cm³/mol. The molecule has 1 fully saturated rings. The quantitative estimate of drug-likeness (QED) is 0.633. The Bertz CT molecular complexity index is 235. The molecule has 1 aliphatic rings. The van der Waals surface area contributed by atoms with Crippen molar-refractivity contribution in [3.05, 3.63) is 18.0 Å². The molecule has 0 saturated carbocycles. The molecule has 3 heteroatoms. The fourth-order valence-corrected chi connectivity index (χ4v) is 1.59. The first kappa shape index (κ1) is 6.85. The molecule has 0 radical (unpaired) electrons. The molecule has 60 valence electrons. The molecule has 0 spiro atoms. The van der Waals surface area contributed by atoms with Crippen LogP contribution in [-0.4, -0.2) is 22.9 Å². The summed E-state index contributed by atoms with van der Waals surface area (Å²) in [5.41, 5.74) is 1.37. The molecule has 1 aliphatic heterocycles. The SMILES string of the molecule is Cn1cc([C@@H]2CCNC2)cn1. The second kappa shape index (κ2) is 2.66. The Morgan fingerprint density at radius 3 is 3.18 bits per heavy atom. The van der Waals surface area contributed by atoms with Gasteiger partial charge < -0.3 is 5.32 Å². The van der Waals surface area contributed by atoms with Gasteiger partial charge >= 0.3 is 0 Å². The molecule has 1 aromatic heterocycles. The fraction of sp³-hybridized carbons (Fsp3) is 0.625. The first-order valence-corrected chi connectivity index (χ1v) is 4.05. The third kappa shape index (κ3) is 1.28. The van der Waals surface area contributed by atoms with E-state index in [2.05, 4.69) is 16.6 Å². The average molecular weight is 151 g/mol. The third-order valence-electron chi connectivity index (χ3n) is 2.26. The summed E-state index contributed by atoms with van der Waals surface area (Å²) < 4.78 is 1.87. The molecule has 1 atom stereocenters. The van der Waals surface area contributed by atoms with Crippen LogP contribution in [0.4, 0.5) is 0 Å². The Hall–Kier alpha value is -0.830. The van der Waals surface area contributed by atoms with Crippen molar-refractivity contribution in [3.63, 3.8) is 0 Å². The highest BCUT2D eigenvalue weighted by molar-refractivity contribution is 5.13. The smallest absolute Gasteiger partial charge is 0.0524 e. The maximum absolute atomic E-state index is 4.15. The van der Waals surface area contributed by atoms with Gasteiger partial charge in [0.2, 0.25) is 0 Å². The topological polar surface area (TPSA) is 29.9 Å². The summed E-state index contributed by atoms with van der Waals surface area (Å²) in [6.07, 6.45) is 5.33. The Morgan fingerprint density at radius 1 is 1.73 bits per heavy atom. The van der Waals surface area contributed by atoms with Crippen LogP contribution in [0, 0.1) is 0 Å². The first-order valence-electron chi connectivity index (χ1n) is 4.05. The van der Waals surface area contributed by atoms with Gasteiger partial charge in [0.05, 0.1) is 6.20 Å². The highest BCUT2D eigenvalue weighted by Crippen LogP contribution is 2.20. The van der Waals surface area contributed by atoms with E-state index in [0.717, 1.165) is 13.1 Å². The van der Waals surface area contributed by atoms with E-state index in [1.54, 1.807) is 0 Å². The van der Waals surface area contributed by atoms with Crippen LogP contribution in [0.5, 0.6) is 0 Å². The van der Waals surface area contributed by atoms with Crippen molar-refractivity contribution in [1.29, 1.82) is 0 Å². The van der Waals surface area contributed by atoms with Crippen LogP contribution >= 0.6 is 0 Å². The van der Waals surface area contributed by atoms with E-state index in [1.807, 2.05) is 17.9 Å². The second-order valence-corrected chi connectivity index (χ2v) is 3.14. The summed E-state index contributed by atoms with van der Waals surface area (Å²) in [7, 11) is 1.96. The van der Waals surface area contributed by atoms with E-state index in [0.29, 0.717) is 5.92 Å². The normalized spacial score (nSPS) is 24.3. The number of nitrogens with one attached hydrogen (secondary N) is 1. The average Bonchev–Trinajstić information content (AvgIpc) is 2.55. The summed E-state index contributed by atoms with van der Waals surface area (Å²) >= 11 is 0. The van der Waals surface area contributed by atoms with Crippen molar-refractivity contribution in [2.75, 3.05) is 13.1 Å². The van der Waals surface area contributed by atoms with Crippen molar-refractivity contribution in [2.24, 2.45) is 7.05 Å². The zero-order valence-corrected chi connectivity index (χ0v) is 6.75. The van der Waals surface area contributed by atoms with Crippen molar-refractivity contribution in [3.8, 4) is 0 Å². The molecule has 11 heavy (non-hydrogen) atoms. The van der Waals surface area contributed by atoms with Crippen LogP contribution in [0.25, 0.3) is 0 Å². The minimum atomic E-state index is 0.698. The van der Waals surface area contributed by atoms with Crippen molar-refractivity contribution in [1.82, 2.24) is 15.1 Å². The van der Waals surface area contributed by atoms with Crippen molar-refractivity contribution in [2.45, 2.75) is 12.3 Å². The molecule has 0 bridgehead atoms. The zero-order valence-electron chi connectivity index (χ0n) is 6.75. The van der Waals surface area contributed by atoms with Gasteiger partial charge in [0.15, 0.2) is 0 Å². The maximum atomic E-state index is 4.15. The van der Waals surface area contributed by atoms with E-state index < -0.39 is 0 Å². The first-order chi connectivity index (χ1) is 5.36. The van der Waals surface area contributed by atoms with Crippen LogP contribution in [-0.2, 0) is 7.05 Å². The highest BCUT2D eigenvalue weighted by Gasteiger charge is 2.17. The Labute approximate surface area is 66.4 Å². The number of aryl methyl sites for hydroxylation is 1. The van der Waals surface area contributed by atoms with Crippen LogP contribution in [0.3, 0.4) is 0 Å². The number of hydrogen-bond acceptors (Lipinski definition) is 2. The Kier molecular flexibility index (Phi) is 1.66. The molecular weight excluding hydrogens is 138 g/mol. The zero-order chi connectivity index (χ0) is 7.68. The van der Waals surface area contributed by atoms with Gasteiger partial charge in [0, 0.05) is 25.7 Å². The summed E-state index contributed by atoms with van der Waals surface area (Å²) in [6, 6.07) is 0. The molecule has 1 aromatic rings. The van der Waals surface area contributed by atoms with E-state index >= 15 is 0 Å². The van der Waals surface area contributed by atoms with Crippen LogP contribution < -0.4 is 5.32 Å². The Morgan fingerprint density at radius 2 is 2.64 bits per heavy atom. The Balaban J connectivity index is 2.15.